The minimum Gasteiger partial charge on any atom is -0.329 e. The molecular weight excluding hydrogens is 262 g/mol. The van der Waals surface area contributed by atoms with Gasteiger partial charge in [-0.1, -0.05) is 12.8 Å². The molecule has 1 aliphatic carbocycles. The summed E-state index contributed by atoms with van der Waals surface area (Å²) in [6, 6.07) is 0.775. The van der Waals surface area contributed by atoms with Gasteiger partial charge in [-0.05, 0) is 26.8 Å². The lowest BCUT2D eigenvalue weighted by Gasteiger charge is -2.24. The van der Waals surface area contributed by atoms with Crippen molar-refractivity contribution in [2.24, 2.45) is 7.05 Å². The van der Waals surface area contributed by atoms with Crippen molar-refractivity contribution < 1.29 is 0 Å². The van der Waals surface area contributed by atoms with E-state index in [9.17, 15) is 0 Å². The summed E-state index contributed by atoms with van der Waals surface area (Å²) in [4.78, 5) is 6.84. The van der Waals surface area contributed by atoms with Crippen molar-refractivity contribution in [3.05, 3.63) is 24.4 Å². The van der Waals surface area contributed by atoms with E-state index in [-0.39, 0.29) is 0 Å². The first-order valence-corrected chi connectivity index (χ1v) is 7.86. The Morgan fingerprint density at radius 3 is 2.76 bits per heavy atom. The largest absolute Gasteiger partial charge is 0.329 e. The predicted octanol–water partition coefficient (Wildman–Crippen LogP) is 2.47. The fourth-order valence-electron chi connectivity index (χ4n) is 3.37. The first kappa shape index (κ1) is 14.3. The molecule has 1 aliphatic rings. The van der Waals surface area contributed by atoms with Gasteiger partial charge < -0.3 is 9.47 Å². The Bertz CT molecular complexity index is 592. The Morgan fingerprint density at radius 2 is 2.10 bits per heavy atom. The first-order valence-electron chi connectivity index (χ1n) is 7.86. The summed E-state index contributed by atoms with van der Waals surface area (Å²) in [5.74, 6) is 0. The van der Waals surface area contributed by atoms with Gasteiger partial charge in [0.15, 0.2) is 0 Å². The Kier molecular flexibility index (Phi) is 4.10. The SMILES string of the molecule is Cc1nn(C)cc1-c1cncn1CCN(C)C1CCCC1. The fraction of sp³-hybridized carbons (Fsp3) is 0.625. The van der Waals surface area contributed by atoms with Crippen molar-refractivity contribution in [3.8, 4) is 11.3 Å². The van der Waals surface area contributed by atoms with Gasteiger partial charge in [0, 0.05) is 37.9 Å². The molecule has 0 unspecified atom stereocenters. The monoisotopic (exact) mass is 287 g/mol. The average molecular weight is 287 g/mol. The van der Waals surface area contributed by atoms with E-state index in [0.717, 1.165) is 24.8 Å². The Labute approximate surface area is 126 Å². The van der Waals surface area contributed by atoms with Crippen molar-refractivity contribution in [2.45, 2.75) is 45.2 Å². The molecule has 0 aliphatic heterocycles. The van der Waals surface area contributed by atoms with Crippen molar-refractivity contribution in [1.29, 1.82) is 0 Å². The quantitative estimate of drug-likeness (QED) is 0.848. The summed E-state index contributed by atoms with van der Waals surface area (Å²) < 4.78 is 4.11. The molecule has 0 radical (unpaired) electrons. The van der Waals surface area contributed by atoms with Gasteiger partial charge in [-0.2, -0.15) is 5.10 Å². The molecule has 2 heterocycles. The molecule has 0 amide bonds. The van der Waals surface area contributed by atoms with Crippen LogP contribution in [0.5, 0.6) is 0 Å². The zero-order chi connectivity index (χ0) is 14.8. The van der Waals surface area contributed by atoms with Crippen LogP contribution in [0.4, 0.5) is 0 Å². The molecule has 0 spiro atoms. The highest BCUT2D eigenvalue weighted by atomic mass is 15.3. The lowest BCUT2D eigenvalue weighted by molar-refractivity contribution is 0.237. The molecule has 0 bridgehead atoms. The van der Waals surface area contributed by atoms with Crippen molar-refractivity contribution in [1.82, 2.24) is 24.2 Å². The van der Waals surface area contributed by atoms with Crippen LogP contribution in [0.15, 0.2) is 18.7 Å². The third-order valence-electron chi connectivity index (χ3n) is 4.64. The topological polar surface area (TPSA) is 38.9 Å². The molecular formula is C16H25N5. The van der Waals surface area contributed by atoms with Gasteiger partial charge in [0.2, 0.25) is 0 Å². The molecule has 0 aromatic carbocycles. The average Bonchev–Trinajstić information content (AvgIpc) is 3.16. The number of nitrogens with zero attached hydrogens (tertiary/aromatic N) is 5. The molecule has 5 heteroatoms. The van der Waals surface area contributed by atoms with E-state index in [0.29, 0.717) is 0 Å². The van der Waals surface area contributed by atoms with Crippen LogP contribution in [-0.4, -0.2) is 43.9 Å². The smallest absolute Gasteiger partial charge is 0.0951 e. The maximum atomic E-state index is 4.43. The highest BCUT2D eigenvalue weighted by Crippen LogP contribution is 2.24. The van der Waals surface area contributed by atoms with Crippen LogP contribution in [0.2, 0.25) is 0 Å². The molecule has 21 heavy (non-hydrogen) atoms. The summed E-state index contributed by atoms with van der Waals surface area (Å²) in [6.07, 6.45) is 11.4. The maximum absolute atomic E-state index is 4.43. The third kappa shape index (κ3) is 3.02. The van der Waals surface area contributed by atoms with Crippen molar-refractivity contribution in [3.63, 3.8) is 0 Å². The second-order valence-electron chi connectivity index (χ2n) is 6.19. The van der Waals surface area contributed by atoms with Gasteiger partial charge in [-0.3, -0.25) is 4.68 Å². The summed E-state index contributed by atoms with van der Waals surface area (Å²) in [5, 5.41) is 4.43. The van der Waals surface area contributed by atoms with Gasteiger partial charge in [-0.15, -0.1) is 0 Å². The Morgan fingerprint density at radius 1 is 1.33 bits per heavy atom. The minimum atomic E-state index is 0.775. The van der Waals surface area contributed by atoms with Crippen molar-refractivity contribution in [2.75, 3.05) is 13.6 Å². The molecule has 5 nitrogen and oxygen atoms in total. The van der Waals surface area contributed by atoms with Gasteiger partial charge >= 0.3 is 0 Å². The van der Waals surface area contributed by atoms with Crippen LogP contribution in [0.1, 0.15) is 31.4 Å². The second kappa shape index (κ2) is 6.02. The van der Waals surface area contributed by atoms with E-state index in [1.807, 2.05) is 24.3 Å². The zero-order valence-corrected chi connectivity index (χ0v) is 13.3. The van der Waals surface area contributed by atoms with E-state index in [4.69, 9.17) is 0 Å². The predicted molar refractivity (Wildman–Crippen MR) is 84.1 cm³/mol. The summed E-state index contributed by atoms with van der Waals surface area (Å²) >= 11 is 0. The highest BCUT2D eigenvalue weighted by molar-refractivity contribution is 5.60. The molecule has 0 saturated heterocycles. The van der Waals surface area contributed by atoms with Gasteiger partial charge in [0.1, 0.15) is 0 Å². The number of hydrogen-bond donors (Lipinski definition) is 0. The lowest BCUT2D eigenvalue weighted by Crippen LogP contribution is -2.32. The number of aryl methyl sites for hydroxylation is 2. The fourth-order valence-corrected chi connectivity index (χ4v) is 3.37. The Hall–Kier alpha value is -1.62. The molecule has 1 saturated carbocycles. The normalized spacial score (nSPS) is 16.2. The van der Waals surface area contributed by atoms with Gasteiger partial charge in [-0.25, -0.2) is 4.98 Å². The number of aromatic nitrogens is 4. The summed E-state index contributed by atoms with van der Waals surface area (Å²) in [7, 11) is 4.22. The highest BCUT2D eigenvalue weighted by Gasteiger charge is 2.19. The van der Waals surface area contributed by atoms with Crippen LogP contribution in [-0.2, 0) is 13.6 Å². The molecule has 2 aromatic rings. The van der Waals surface area contributed by atoms with Gasteiger partial charge in [0.05, 0.1) is 23.9 Å². The van der Waals surface area contributed by atoms with Gasteiger partial charge in [0.25, 0.3) is 0 Å². The first-order chi connectivity index (χ1) is 10.1. The molecule has 3 rings (SSSR count). The third-order valence-corrected chi connectivity index (χ3v) is 4.64. The Balaban J connectivity index is 1.69. The van der Waals surface area contributed by atoms with Crippen molar-refractivity contribution >= 4 is 0 Å². The van der Waals surface area contributed by atoms with E-state index >= 15 is 0 Å². The number of likely N-dealkylation sites (N-methyl/N-ethyl adjacent to an activating group) is 1. The number of rotatable bonds is 5. The molecule has 114 valence electrons. The van der Waals surface area contributed by atoms with E-state index in [1.165, 1.54) is 36.9 Å². The maximum Gasteiger partial charge on any atom is 0.0951 e. The van der Waals surface area contributed by atoms with Crippen LogP contribution >= 0.6 is 0 Å². The van der Waals surface area contributed by atoms with Crippen LogP contribution < -0.4 is 0 Å². The lowest BCUT2D eigenvalue weighted by atomic mass is 10.2. The van der Waals surface area contributed by atoms with E-state index in [2.05, 4.69) is 39.7 Å². The van der Waals surface area contributed by atoms with E-state index in [1.54, 1.807) is 0 Å². The molecule has 1 fully saturated rings. The standard InChI is InChI=1S/C16H25N5/c1-13-15(11-20(3)18-13)16-10-17-12-21(16)9-8-19(2)14-6-4-5-7-14/h10-12,14H,4-9H2,1-3H3. The molecule has 0 N–H and O–H groups in total. The zero-order valence-electron chi connectivity index (χ0n) is 13.3. The van der Waals surface area contributed by atoms with Crippen LogP contribution in [0.25, 0.3) is 11.3 Å². The molecule has 0 atom stereocenters. The second-order valence-corrected chi connectivity index (χ2v) is 6.19. The van der Waals surface area contributed by atoms with Crippen LogP contribution in [0, 0.1) is 6.92 Å². The molecule has 2 aromatic heterocycles. The number of hydrogen-bond acceptors (Lipinski definition) is 3. The summed E-state index contributed by atoms with van der Waals surface area (Å²) in [5.41, 5.74) is 3.40. The number of imidazole rings is 1. The van der Waals surface area contributed by atoms with E-state index < -0.39 is 0 Å². The minimum absolute atomic E-state index is 0.775. The van der Waals surface area contributed by atoms with Crippen LogP contribution in [0.3, 0.4) is 0 Å². The summed E-state index contributed by atoms with van der Waals surface area (Å²) in [6.45, 7) is 4.11.